The lowest BCUT2D eigenvalue weighted by Crippen LogP contribution is -2.39. The highest BCUT2D eigenvalue weighted by Crippen LogP contribution is 2.37. The van der Waals surface area contributed by atoms with Crippen LogP contribution in [0.25, 0.3) is 0 Å². The molecule has 0 aliphatic carbocycles. The van der Waals surface area contributed by atoms with Gasteiger partial charge in [0, 0.05) is 35.7 Å². The number of nitrogens with zero attached hydrogens (tertiary/aromatic N) is 3. The van der Waals surface area contributed by atoms with E-state index in [2.05, 4.69) is 25.0 Å². The fourth-order valence-corrected chi connectivity index (χ4v) is 3.40. The van der Waals surface area contributed by atoms with E-state index in [1.54, 1.807) is 6.92 Å². The Morgan fingerprint density at radius 3 is 2.35 bits per heavy atom. The van der Waals surface area contributed by atoms with Gasteiger partial charge in [-0.05, 0) is 32.1 Å². The number of hydrogen-bond acceptors (Lipinski definition) is 8. The highest BCUT2D eigenvalue weighted by Gasteiger charge is 2.51. The van der Waals surface area contributed by atoms with Crippen molar-refractivity contribution >= 4 is 33.4 Å². The molecule has 2 rings (SSSR count). The minimum atomic E-state index is -4.92. The fourth-order valence-electron chi connectivity index (χ4n) is 2.25. The number of rotatable bonds is 8. The Labute approximate surface area is 181 Å². The van der Waals surface area contributed by atoms with Crippen molar-refractivity contribution in [2.75, 3.05) is 17.6 Å². The summed E-state index contributed by atoms with van der Waals surface area (Å²) in [5.41, 5.74) is 1.77. The molecular weight excluding hydrogens is 461 g/mol. The molecule has 2 aromatic heterocycles. The molecule has 0 fully saturated rings. The molecule has 2 heterocycles. The van der Waals surface area contributed by atoms with E-state index in [1.807, 2.05) is 0 Å². The Morgan fingerprint density at radius 2 is 1.87 bits per heavy atom. The highest BCUT2D eigenvalue weighted by atomic mass is 35.5. The van der Waals surface area contributed by atoms with Crippen molar-refractivity contribution in [3.63, 3.8) is 0 Å². The number of hydrogen-bond donors (Lipinski definition) is 4. The molecule has 9 nitrogen and oxygen atoms in total. The van der Waals surface area contributed by atoms with E-state index < -0.39 is 33.4 Å². The second kappa shape index (κ2) is 9.34. The number of allylic oxidation sites excluding steroid dienone is 1. The topological polar surface area (TPSA) is 143 Å². The van der Waals surface area contributed by atoms with Gasteiger partial charge in [-0.1, -0.05) is 11.6 Å². The number of alkyl halides is 3. The first kappa shape index (κ1) is 24.8. The first-order chi connectivity index (χ1) is 14.2. The van der Waals surface area contributed by atoms with Gasteiger partial charge in [0.15, 0.2) is 5.60 Å². The monoisotopic (exact) mass is 480 g/mol. The average Bonchev–Trinajstić information content (AvgIpc) is 2.66. The lowest BCUT2D eigenvalue weighted by atomic mass is 9.99. The number of anilines is 2. The molecule has 0 saturated carbocycles. The van der Waals surface area contributed by atoms with Gasteiger partial charge in [-0.15, -0.1) is 0 Å². The maximum atomic E-state index is 12.9. The molecule has 0 bridgehead atoms. The summed E-state index contributed by atoms with van der Waals surface area (Å²) < 4.78 is 65.9. The highest BCUT2D eigenvalue weighted by molar-refractivity contribution is 7.89. The third kappa shape index (κ3) is 6.50. The average molecular weight is 481 g/mol. The van der Waals surface area contributed by atoms with Gasteiger partial charge in [0.05, 0.1) is 6.04 Å². The summed E-state index contributed by atoms with van der Waals surface area (Å²) in [5.74, 6) is 0.0542. The van der Waals surface area contributed by atoms with E-state index >= 15 is 0 Å². The van der Waals surface area contributed by atoms with E-state index in [0.29, 0.717) is 12.0 Å². The van der Waals surface area contributed by atoms with Crippen LogP contribution in [-0.4, -0.2) is 47.2 Å². The third-order valence-electron chi connectivity index (χ3n) is 4.07. The molecule has 2 unspecified atom stereocenters. The van der Waals surface area contributed by atoms with E-state index in [0.717, 1.165) is 18.6 Å². The van der Waals surface area contributed by atoms with Crippen molar-refractivity contribution in [2.45, 2.75) is 36.6 Å². The largest absolute Gasteiger partial charge is 0.421 e. The van der Waals surface area contributed by atoms with Crippen molar-refractivity contribution in [3.8, 4) is 0 Å². The van der Waals surface area contributed by atoms with Crippen LogP contribution in [0.2, 0.25) is 0 Å². The minimum absolute atomic E-state index is 0.103. The van der Waals surface area contributed by atoms with Crippen LogP contribution < -0.4 is 15.8 Å². The zero-order valence-electron chi connectivity index (χ0n) is 16.4. The van der Waals surface area contributed by atoms with Gasteiger partial charge in [-0.25, -0.2) is 28.1 Å². The second-order valence-corrected chi connectivity index (χ2v) is 9.00. The molecule has 0 spiro atoms. The van der Waals surface area contributed by atoms with Crippen molar-refractivity contribution in [3.05, 3.63) is 47.4 Å². The van der Waals surface area contributed by atoms with Crippen molar-refractivity contribution in [1.29, 1.82) is 0 Å². The van der Waals surface area contributed by atoms with Crippen molar-refractivity contribution < 1.29 is 26.7 Å². The summed E-state index contributed by atoms with van der Waals surface area (Å²) >= 11 is 5.88. The predicted molar refractivity (Wildman–Crippen MR) is 109 cm³/mol. The normalized spacial score (nSPS) is 15.9. The standard InChI is InChI=1S/C17H20ClF3N6O3S/c1-10(18)5-12(8-26-31(29,30)13-3-4-14(22)23-9-13)27-15-24-6-11(7-25-15)16(2,28)17(19,20)21/h3-7,9,12,26,28H,8H2,1-2H3,(H2,22,23)(H,24,25,27). The summed E-state index contributed by atoms with van der Waals surface area (Å²) in [5, 5.41) is 12.7. The number of pyridine rings is 1. The lowest BCUT2D eigenvalue weighted by Gasteiger charge is -2.26. The fraction of sp³-hybridized carbons (Fsp3) is 0.353. The third-order valence-corrected chi connectivity index (χ3v) is 5.61. The molecule has 0 radical (unpaired) electrons. The van der Waals surface area contributed by atoms with Crippen LogP contribution in [0.4, 0.5) is 24.9 Å². The van der Waals surface area contributed by atoms with Gasteiger partial charge in [0.25, 0.3) is 0 Å². The van der Waals surface area contributed by atoms with Crippen LogP contribution in [0.1, 0.15) is 19.4 Å². The van der Waals surface area contributed by atoms with Crippen molar-refractivity contribution in [2.24, 2.45) is 0 Å². The van der Waals surface area contributed by atoms with Gasteiger partial charge in [-0.2, -0.15) is 13.2 Å². The van der Waals surface area contributed by atoms with Gasteiger partial charge in [0.1, 0.15) is 10.7 Å². The number of nitrogen functional groups attached to an aromatic ring is 1. The van der Waals surface area contributed by atoms with Crippen LogP contribution in [0.15, 0.2) is 46.7 Å². The Morgan fingerprint density at radius 1 is 1.26 bits per heavy atom. The first-order valence-corrected chi connectivity index (χ1v) is 10.5. The molecule has 2 atom stereocenters. The van der Waals surface area contributed by atoms with E-state index in [-0.39, 0.29) is 23.2 Å². The number of aromatic nitrogens is 3. The number of halogens is 4. The number of nitrogens with one attached hydrogen (secondary N) is 2. The SMILES string of the molecule is CC(Cl)=CC(CNS(=O)(=O)c1ccc(N)nc1)Nc1ncc(C(C)(O)C(F)(F)F)cn1. The number of nitrogens with two attached hydrogens (primary N) is 1. The van der Waals surface area contributed by atoms with Crippen LogP contribution >= 0.6 is 11.6 Å². The molecule has 170 valence electrons. The Bertz CT molecular complexity index is 1020. The summed E-state index contributed by atoms with van der Waals surface area (Å²) in [6.07, 6.45) is -0.712. The number of sulfonamides is 1. The predicted octanol–water partition coefficient (Wildman–Crippen LogP) is 2.13. The van der Waals surface area contributed by atoms with Crippen LogP contribution in [-0.2, 0) is 15.6 Å². The van der Waals surface area contributed by atoms with E-state index in [9.17, 15) is 26.7 Å². The van der Waals surface area contributed by atoms with E-state index in [1.165, 1.54) is 18.2 Å². The van der Waals surface area contributed by atoms with Crippen LogP contribution in [0.5, 0.6) is 0 Å². The lowest BCUT2D eigenvalue weighted by molar-refractivity contribution is -0.259. The van der Waals surface area contributed by atoms with Crippen LogP contribution in [0, 0.1) is 0 Å². The quantitative estimate of drug-likeness (QED) is 0.450. The van der Waals surface area contributed by atoms with E-state index in [4.69, 9.17) is 17.3 Å². The zero-order chi connectivity index (χ0) is 23.4. The number of aliphatic hydroxyl groups is 1. The summed E-state index contributed by atoms with van der Waals surface area (Å²) in [7, 11) is -3.92. The molecule has 5 N–H and O–H groups in total. The molecule has 0 aliphatic heterocycles. The zero-order valence-corrected chi connectivity index (χ0v) is 17.9. The molecule has 2 aromatic rings. The minimum Gasteiger partial charge on any atom is -0.384 e. The molecule has 0 aliphatic rings. The molecule has 0 saturated heterocycles. The maximum Gasteiger partial charge on any atom is 0.421 e. The summed E-state index contributed by atoms with van der Waals surface area (Å²) in [4.78, 5) is 11.1. The molecule has 0 amide bonds. The van der Waals surface area contributed by atoms with Crippen molar-refractivity contribution in [1.82, 2.24) is 19.7 Å². The smallest absolute Gasteiger partial charge is 0.384 e. The Hall–Kier alpha value is -2.48. The van der Waals surface area contributed by atoms with Gasteiger partial charge >= 0.3 is 6.18 Å². The summed E-state index contributed by atoms with van der Waals surface area (Å²) in [6, 6.07) is 1.87. The molecule has 0 aromatic carbocycles. The van der Waals surface area contributed by atoms with Gasteiger partial charge < -0.3 is 16.2 Å². The first-order valence-electron chi connectivity index (χ1n) is 8.65. The Kier molecular flexibility index (Phi) is 7.47. The van der Waals surface area contributed by atoms with Gasteiger partial charge in [-0.3, -0.25) is 0 Å². The Balaban J connectivity index is 2.15. The molecular formula is C17H20ClF3N6O3S. The van der Waals surface area contributed by atoms with Crippen LogP contribution in [0.3, 0.4) is 0 Å². The maximum absolute atomic E-state index is 12.9. The summed E-state index contributed by atoms with van der Waals surface area (Å²) in [6.45, 7) is 1.95. The molecule has 31 heavy (non-hydrogen) atoms. The van der Waals surface area contributed by atoms with Gasteiger partial charge in [0.2, 0.25) is 16.0 Å². The second-order valence-electron chi connectivity index (χ2n) is 6.64. The molecule has 14 heteroatoms.